The maximum Gasteiger partial charge on any atom is 0.259 e. The lowest BCUT2D eigenvalue weighted by Gasteiger charge is -2.10. The van der Waals surface area contributed by atoms with Crippen LogP contribution in [0, 0.1) is 13.8 Å². The minimum absolute atomic E-state index is 0.0399. The van der Waals surface area contributed by atoms with E-state index in [1.807, 2.05) is 32.0 Å². The zero-order valence-electron chi connectivity index (χ0n) is 10.1. The highest BCUT2D eigenvalue weighted by Gasteiger charge is 2.05. The van der Waals surface area contributed by atoms with E-state index in [2.05, 4.69) is 6.07 Å². The van der Waals surface area contributed by atoms with Gasteiger partial charge >= 0.3 is 0 Å². The van der Waals surface area contributed by atoms with Gasteiger partial charge in [0, 0.05) is 18.3 Å². The second-order valence-electron chi connectivity index (χ2n) is 4.20. The van der Waals surface area contributed by atoms with E-state index in [9.17, 15) is 4.79 Å². The van der Waals surface area contributed by atoms with Gasteiger partial charge in [-0.2, -0.15) is 0 Å². The fourth-order valence-electron chi connectivity index (χ4n) is 1.96. The van der Waals surface area contributed by atoms with Crippen molar-refractivity contribution in [2.75, 3.05) is 0 Å². The van der Waals surface area contributed by atoms with E-state index in [-0.39, 0.29) is 12.1 Å². The molecule has 0 unspecified atom stereocenters. The first-order valence-corrected chi connectivity index (χ1v) is 5.61. The van der Waals surface area contributed by atoms with Crippen LogP contribution in [0.15, 0.2) is 41.3 Å². The van der Waals surface area contributed by atoms with E-state index in [0.717, 1.165) is 11.3 Å². The second kappa shape index (κ2) is 4.55. The Kier molecular flexibility index (Phi) is 3.11. The molecule has 3 heteroatoms. The van der Waals surface area contributed by atoms with Crippen molar-refractivity contribution >= 4 is 0 Å². The van der Waals surface area contributed by atoms with E-state index in [4.69, 9.17) is 5.73 Å². The molecule has 0 atom stereocenters. The predicted octanol–water partition coefficient (Wildman–Crippen LogP) is 1.91. The van der Waals surface area contributed by atoms with Crippen LogP contribution in [0.5, 0.6) is 0 Å². The molecule has 2 N–H and O–H groups in total. The van der Waals surface area contributed by atoms with Crippen LogP contribution >= 0.6 is 0 Å². The van der Waals surface area contributed by atoms with E-state index >= 15 is 0 Å². The largest absolute Gasteiger partial charge is 0.326 e. The van der Waals surface area contributed by atoms with Crippen molar-refractivity contribution in [3.8, 4) is 5.69 Å². The highest BCUT2D eigenvalue weighted by Crippen LogP contribution is 2.13. The van der Waals surface area contributed by atoms with E-state index in [1.165, 1.54) is 5.56 Å². The van der Waals surface area contributed by atoms with Gasteiger partial charge in [0.2, 0.25) is 0 Å². The number of nitrogens with two attached hydrogens (primary N) is 1. The van der Waals surface area contributed by atoms with E-state index in [0.29, 0.717) is 5.56 Å². The summed E-state index contributed by atoms with van der Waals surface area (Å²) in [4.78, 5) is 12.1. The molecule has 2 rings (SSSR count). The maximum absolute atomic E-state index is 12.1. The molecule has 17 heavy (non-hydrogen) atoms. The van der Waals surface area contributed by atoms with Gasteiger partial charge in [-0.15, -0.1) is 0 Å². The third-order valence-corrected chi connectivity index (χ3v) is 2.86. The van der Waals surface area contributed by atoms with Gasteiger partial charge in [0.1, 0.15) is 0 Å². The monoisotopic (exact) mass is 228 g/mol. The van der Waals surface area contributed by atoms with Crippen molar-refractivity contribution in [1.82, 2.24) is 4.57 Å². The zero-order chi connectivity index (χ0) is 12.4. The van der Waals surface area contributed by atoms with Crippen LogP contribution in [0.3, 0.4) is 0 Å². The molecule has 2 aromatic rings. The van der Waals surface area contributed by atoms with Crippen LogP contribution in [-0.2, 0) is 6.54 Å². The molecule has 0 amide bonds. The smallest absolute Gasteiger partial charge is 0.259 e. The zero-order valence-corrected chi connectivity index (χ0v) is 10.1. The number of hydrogen-bond acceptors (Lipinski definition) is 2. The number of benzene rings is 1. The Morgan fingerprint density at radius 3 is 2.65 bits per heavy atom. The fraction of sp³-hybridized carbons (Fsp3) is 0.214. The third kappa shape index (κ3) is 2.15. The number of aromatic nitrogens is 1. The molecular formula is C14H16N2O. The first-order valence-electron chi connectivity index (χ1n) is 5.61. The van der Waals surface area contributed by atoms with Gasteiger partial charge in [0.05, 0.1) is 5.69 Å². The van der Waals surface area contributed by atoms with Crippen molar-refractivity contribution in [2.45, 2.75) is 20.4 Å². The first kappa shape index (κ1) is 11.6. The molecule has 0 aliphatic carbocycles. The second-order valence-corrected chi connectivity index (χ2v) is 4.20. The average Bonchev–Trinajstić information content (AvgIpc) is 2.30. The molecule has 1 aromatic carbocycles. The lowest BCUT2D eigenvalue weighted by Crippen LogP contribution is -2.23. The molecular weight excluding hydrogens is 212 g/mol. The van der Waals surface area contributed by atoms with Crippen LogP contribution in [-0.4, -0.2) is 4.57 Å². The average molecular weight is 228 g/mol. The molecule has 0 aliphatic heterocycles. The van der Waals surface area contributed by atoms with Crippen LogP contribution < -0.4 is 11.3 Å². The molecule has 0 radical (unpaired) electrons. The molecule has 1 heterocycles. The fourth-order valence-corrected chi connectivity index (χ4v) is 1.96. The normalized spacial score (nSPS) is 10.5. The number of rotatable bonds is 2. The molecule has 3 nitrogen and oxygen atoms in total. The van der Waals surface area contributed by atoms with Crippen molar-refractivity contribution in [1.29, 1.82) is 0 Å². The number of pyridine rings is 1. The summed E-state index contributed by atoms with van der Waals surface area (Å²) < 4.78 is 1.65. The van der Waals surface area contributed by atoms with Gasteiger partial charge in [-0.1, -0.05) is 23.8 Å². The topological polar surface area (TPSA) is 48.0 Å². The van der Waals surface area contributed by atoms with Gasteiger partial charge in [-0.05, 0) is 31.5 Å². The van der Waals surface area contributed by atoms with Gasteiger partial charge < -0.3 is 5.73 Å². The molecule has 1 aromatic heterocycles. The van der Waals surface area contributed by atoms with Crippen molar-refractivity contribution in [2.24, 2.45) is 5.73 Å². The van der Waals surface area contributed by atoms with Crippen LogP contribution in [0.4, 0.5) is 0 Å². The first-order chi connectivity index (χ1) is 8.13. The Balaban J connectivity index is 2.65. The summed E-state index contributed by atoms with van der Waals surface area (Å²) >= 11 is 0. The Hall–Kier alpha value is -1.87. The van der Waals surface area contributed by atoms with Gasteiger partial charge in [-0.3, -0.25) is 9.36 Å². The van der Waals surface area contributed by atoms with Gasteiger partial charge in [0.15, 0.2) is 0 Å². The molecule has 0 spiro atoms. The standard InChI is InChI=1S/C14H16N2O/c1-10-5-6-13(11(2)8-10)16-7-3-4-12(9-15)14(16)17/h3-8H,9,15H2,1-2H3. The molecule has 0 saturated carbocycles. The Bertz CT molecular complexity index is 599. The van der Waals surface area contributed by atoms with Gasteiger partial charge in [0.25, 0.3) is 5.56 Å². The predicted molar refractivity (Wildman–Crippen MR) is 69.4 cm³/mol. The van der Waals surface area contributed by atoms with Crippen LogP contribution in [0.25, 0.3) is 5.69 Å². The highest BCUT2D eigenvalue weighted by atomic mass is 16.1. The van der Waals surface area contributed by atoms with E-state index < -0.39 is 0 Å². The Morgan fingerprint density at radius 2 is 2.00 bits per heavy atom. The molecule has 0 fully saturated rings. The van der Waals surface area contributed by atoms with Crippen LogP contribution in [0.2, 0.25) is 0 Å². The van der Waals surface area contributed by atoms with Crippen molar-refractivity contribution in [3.63, 3.8) is 0 Å². The summed E-state index contributed by atoms with van der Waals surface area (Å²) in [6, 6.07) is 9.65. The summed E-state index contributed by atoms with van der Waals surface area (Å²) in [7, 11) is 0. The third-order valence-electron chi connectivity index (χ3n) is 2.86. The number of nitrogens with zero attached hydrogens (tertiary/aromatic N) is 1. The lowest BCUT2D eigenvalue weighted by atomic mass is 10.1. The van der Waals surface area contributed by atoms with Crippen LogP contribution in [0.1, 0.15) is 16.7 Å². The van der Waals surface area contributed by atoms with Gasteiger partial charge in [-0.25, -0.2) is 0 Å². The minimum atomic E-state index is -0.0399. The van der Waals surface area contributed by atoms with E-state index in [1.54, 1.807) is 16.8 Å². The summed E-state index contributed by atoms with van der Waals surface area (Å²) in [5.74, 6) is 0. The number of hydrogen-bond donors (Lipinski definition) is 1. The molecule has 0 saturated heterocycles. The summed E-state index contributed by atoms with van der Waals surface area (Å²) in [5, 5.41) is 0. The molecule has 88 valence electrons. The quantitative estimate of drug-likeness (QED) is 0.853. The molecule has 0 bridgehead atoms. The summed E-state index contributed by atoms with van der Waals surface area (Å²) in [6.45, 7) is 4.31. The lowest BCUT2D eigenvalue weighted by molar-refractivity contribution is 0.918. The Labute approximate surface area is 101 Å². The summed E-state index contributed by atoms with van der Waals surface area (Å²) in [6.07, 6.45) is 1.78. The van der Waals surface area contributed by atoms with Crippen molar-refractivity contribution in [3.05, 3.63) is 63.6 Å². The highest BCUT2D eigenvalue weighted by molar-refractivity contribution is 5.43. The Morgan fingerprint density at radius 1 is 1.24 bits per heavy atom. The van der Waals surface area contributed by atoms with Crippen molar-refractivity contribution < 1.29 is 0 Å². The minimum Gasteiger partial charge on any atom is -0.326 e. The SMILES string of the molecule is Cc1ccc(-n2cccc(CN)c2=O)c(C)c1. The summed E-state index contributed by atoms with van der Waals surface area (Å²) in [5.41, 5.74) is 9.33. The molecule has 0 aliphatic rings. The maximum atomic E-state index is 12.1. The number of aryl methyl sites for hydroxylation is 2.